The first kappa shape index (κ1) is 14.1. The highest BCUT2D eigenvalue weighted by Gasteiger charge is 2.09. The van der Waals surface area contributed by atoms with Crippen LogP contribution in [0.5, 0.6) is 5.75 Å². The molecule has 4 heteroatoms. The van der Waals surface area contributed by atoms with Crippen molar-refractivity contribution in [2.45, 2.75) is 12.5 Å². The van der Waals surface area contributed by atoms with Gasteiger partial charge in [0.05, 0.1) is 12.8 Å². The van der Waals surface area contributed by atoms with Crippen LogP contribution >= 0.6 is 0 Å². The molecular weight excluding hydrogens is 254 g/mol. The molecule has 0 fully saturated rings. The Hall–Kier alpha value is -2.33. The molecular formula is C16H17NO3. The van der Waals surface area contributed by atoms with Gasteiger partial charge in [-0.15, -0.1) is 0 Å². The third-order valence-corrected chi connectivity index (χ3v) is 2.85. The van der Waals surface area contributed by atoms with Crippen LogP contribution < -0.4 is 10.2 Å². The van der Waals surface area contributed by atoms with Crippen molar-refractivity contribution in [1.82, 2.24) is 0 Å². The zero-order chi connectivity index (χ0) is 14.2. The third-order valence-electron chi connectivity index (χ3n) is 2.85. The lowest BCUT2D eigenvalue weighted by Crippen LogP contribution is -2.21. The molecule has 0 unspecified atom stereocenters. The number of hydrogen-bond donors (Lipinski definition) is 1. The molecule has 1 atom stereocenters. The molecule has 0 saturated heterocycles. The number of aldehydes is 1. The normalized spacial score (nSPS) is 11.7. The van der Waals surface area contributed by atoms with Crippen LogP contribution in [0.25, 0.3) is 0 Å². The standard InChI is InChI=1S/C16H17NO3/c1-19-15-9-7-13(8-10-15)11-16(12-18)20-17-14-5-3-2-4-6-14/h2-10,12,16-17H,11H2,1H3/t16-/m1/s1. The van der Waals surface area contributed by atoms with Gasteiger partial charge in [-0.3, -0.25) is 10.3 Å². The number of anilines is 1. The number of nitrogens with one attached hydrogen (secondary N) is 1. The average molecular weight is 271 g/mol. The lowest BCUT2D eigenvalue weighted by atomic mass is 10.1. The Morgan fingerprint density at radius 3 is 2.40 bits per heavy atom. The molecule has 0 heterocycles. The molecule has 0 radical (unpaired) electrons. The number of carbonyl (C=O) groups is 1. The molecule has 2 aromatic rings. The fraction of sp³-hybridized carbons (Fsp3) is 0.188. The maximum absolute atomic E-state index is 11.1. The number of ether oxygens (including phenoxy) is 1. The van der Waals surface area contributed by atoms with Gasteiger partial charge in [0.2, 0.25) is 0 Å². The van der Waals surface area contributed by atoms with E-state index < -0.39 is 6.10 Å². The van der Waals surface area contributed by atoms with E-state index in [1.807, 2.05) is 54.6 Å². The topological polar surface area (TPSA) is 47.6 Å². The molecule has 0 aliphatic carbocycles. The fourth-order valence-electron chi connectivity index (χ4n) is 1.76. The highest BCUT2D eigenvalue weighted by molar-refractivity contribution is 5.57. The van der Waals surface area contributed by atoms with E-state index in [1.165, 1.54) is 0 Å². The van der Waals surface area contributed by atoms with Gasteiger partial charge in [0.25, 0.3) is 0 Å². The second-order valence-corrected chi connectivity index (χ2v) is 4.31. The minimum atomic E-state index is -0.538. The van der Waals surface area contributed by atoms with Crippen LogP contribution in [0.15, 0.2) is 54.6 Å². The molecule has 20 heavy (non-hydrogen) atoms. The van der Waals surface area contributed by atoms with Crippen molar-refractivity contribution in [3.8, 4) is 5.75 Å². The molecule has 1 N–H and O–H groups in total. The third kappa shape index (κ3) is 4.10. The van der Waals surface area contributed by atoms with Crippen LogP contribution in [0.1, 0.15) is 5.56 Å². The van der Waals surface area contributed by atoms with Crippen molar-refractivity contribution in [1.29, 1.82) is 0 Å². The van der Waals surface area contributed by atoms with Gasteiger partial charge in [0, 0.05) is 6.42 Å². The summed E-state index contributed by atoms with van der Waals surface area (Å²) in [6.45, 7) is 0. The quantitative estimate of drug-likeness (QED) is 0.621. The lowest BCUT2D eigenvalue weighted by Gasteiger charge is -2.13. The van der Waals surface area contributed by atoms with Gasteiger partial charge in [-0.2, -0.15) is 0 Å². The number of benzene rings is 2. The van der Waals surface area contributed by atoms with Crippen molar-refractivity contribution < 1.29 is 14.4 Å². The molecule has 0 spiro atoms. The van der Waals surface area contributed by atoms with Crippen LogP contribution in [0.4, 0.5) is 5.69 Å². The zero-order valence-electron chi connectivity index (χ0n) is 11.3. The van der Waals surface area contributed by atoms with Crippen molar-refractivity contribution in [3.63, 3.8) is 0 Å². The number of rotatable bonds is 7. The van der Waals surface area contributed by atoms with Crippen LogP contribution in [0.2, 0.25) is 0 Å². The van der Waals surface area contributed by atoms with E-state index in [-0.39, 0.29) is 0 Å². The van der Waals surface area contributed by atoms with E-state index in [2.05, 4.69) is 5.48 Å². The van der Waals surface area contributed by atoms with Gasteiger partial charge in [0.15, 0.2) is 6.29 Å². The Morgan fingerprint density at radius 2 is 1.80 bits per heavy atom. The molecule has 0 amide bonds. The zero-order valence-corrected chi connectivity index (χ0v) is 11.3. The van der Waals surface area contributed by atoms with Gasteiger partial charge in [-0.25, -0.2) is 0 Å². The first-order valence-corrected chi connectivity index (χ1v) is 6.37. The summed E-state index contributed by atoms with van der Waals surface area (Å²) in [5.41, 5.74) is 4.61. The molecule has 104 valence electrons. The Balaban J connectivity index is 1.89. The largest absolute Gasteiger partial charge is 0.497 e. The SMILES string of the molecule is COc1ccc(C[C@H](C=O)ONc2ccccc2)cc1. The van der Waals surface area contributed by atoms with Crippen molar-refractivity contribution >= 4 is 12.0 Å². The highest BCUT2D eigenvalue weighted by atomic mass is 16.7. The smallest absolute Gasteiger partial charge is 0.151 e. The number of methoxy groups -OCH3 is 1. The second-order valence-electron chi connectivity index (χ2n) is 4.31. The number of para-hydroxylation sites is 1. The average Bonchev–Trinajstić information content (AvgIpc) is 2.53. The summed E-state index contributed by atoms with van der Waals surface area (Å²) in [6, 6.07) is 17.0. The first-order chi connectivity index (χ1) is 9.81. The van der Waals surface area contributed by atoms with E-state index in [0.29, 0.717) is 6.42 Å². The van der Waals surface area contributed by atoms with Gasteiger partial charge in [0.1, 0.15) is 11.9 Å². The Bertz CT molecular complexity index is 525. The Labute approximate surface area is 118 Å². The highest BCUT2D eigenvalue weighted by Crippen LogP contribution is 2.13. The van der Waals surface area contributed by atoms with Crippen LogP contribution in [-0.4, -0.2) is 19.5 Å². The molecule has 2 rings (SSSR count). The minimum Gasteiger partial charge on any atom is -0.497 e. The van der Waals surface area contributed by atoms with E-state index in [4.69, 9.17) is 9.57 Å². The number of carbonyl (C=O) groups excluding carboxylic acids is 1. The monoisotopic (exact) mass is 271 g/mol. The summed E-state index contributed by atoms with van der Waals surface area (Å²) in [4.78, 5) is 16.5. The first-order valence-electron chi connectivity index (χ1n) is 6.37. The summed E-state index contributed by atoms with van der Waals surface area (Å²) < 4.78 is 5.09. The molecule has 0 aliphatic rings. The summed E-state index contributed by atoms with van der Waals surface area (Å²) >= 11 is 0. The lowest BCUT2D eigenvalue weighted by molar-refractivity contribution is -0.116. The van der Waals surface area contributed by atoms with E-state index in [1.54, 1.807) is 7.11 Å². The molecule has 0 bridgehead atoms. The summed E-state index contributed by atoms with van der Waals surface area (Å²) in [5.74, 6) is 0.791. The Kier molecular flexibility index (Phi) is 5.15. The van der Waals surface area contributed by atoms with E-state index >= 15 is 0 Å². The van der Waals surface area contributed by atoms with Crippen molar-refractivity contribution in [2.24, 2.45) is 0 Å². The van der Waals surface area contributed by atoms with Gasteiger partial charge < -0.3 is 9.53 Å². The number of hydrogen-bond acceptors (Lipinski definition) is 4. The molecule has 2 aromatic carbocycles. The summed E-state index contributed by atoms with van der Waals surface area (Å²) in [7, 11) is 1.62. The van der Waals surface area contributed by atoms with Crippen LogP contribution in [-0.2, 0) is 16.1 Å². The summed E-state index contributed by atoms with van der Waals surface area (Å²) in [6.07, 6.45) is 0.761. The van der Waals surface area contributed by atoms with Crippen molar-refractivity contribution in [3.05, 3.63) is 60.2 Å². The van der Waals surface area contributed by atoms with E-state index in [0.717, 1.165) is 23.3 Å². The predicted molar refractivity (Wildman–Crippen MR) is 77.7 cm³/mol. The van der Waals surface area contributed by atoms with Gasteiger partial charge in [-0.05, 0) is 29.8 Å². The predicted octanol–water partition coefficient (Wildman–Crippen LogP) is 2.85. The minimum absolute atomic E-state index is 0.507. The van der Waals surface area contributed by atoms with Gasteiger partial charge >= 0.3 is 0 Å². The van der Waals surface area contributed by atoms with Crippen LogP contribution in [0, 0.1) is 0 Å². The Morgan fingerprint density at radius 1 is 1.10 bits per heavy atom. The summed E-state index contributed by atoms with van der Waals surface area (Å²) in [5, 5.41) is 0. The maximum atomic E-state index is 11.1. The second kappa shape index (κ2) is 7.31. The molecule has 4 nitrogen and oxygen atoms in total. The molecule has 0 aliphatic heterocycles. The molecule has 0 saturated carbocycles. The van der Waals surface area contributed by atoms with Gasteiger partial charge in [-0.1, -0.05) is 30.3 Å². The van der Waals surface area contributed by atoms with Crippen molar-refractivity contribution in [2.75, 3.05) is 12.6 Å². The maximum Gasteiger partial charge on any atom is 0.151 e. The fourth-order valence-corrected chi connectivity index (χ4v) is 1.76. The van der Waals surface area contributed by atoms with Crippen LogP contribution in [0.3, 0.4) is 0 Å². The molecule has 0 aromatic heterocycles. The van der Waals surface area contributed by atoms with E-state index in [9.17, 15) is 4.79 Å².